The van der Waals surface area contributed by atoms with Crippen LogP contribution in [-0.2, 0) is 14.7 Å². The highest BCUT2D eigenvalue weighted by Crippen LogP contribution is 2.32. The van der Waals surface area contributed by atoms with Crippen molar-refractivity contribution in [1.29, 1.82) is 0 Å². The fourth-order valence-electron chi connectivity index (χ4n) is 3.04. The first-order valence-corrected chi connectivity index (χ1v) is 9.82. The van der Waals surface area contributed by atoms with Crippen LogP contribution in [0.5, 0.6) is 0 Å². The molecule has 1 aliphatic heterocycles. The van der Waals surface area contributed by atoms with Crippen molar-refractivity contribution in [2.24, 2.45) is 5.16 Å². The Morgan fingerprint density at radius 1 is 1.22 bits per heavy atom. The lowest BCUT2D eigenvalue weighted by atomic mass is 9.97. The molecular formula is C18H17ClN2O5S. The Kier molecular flexibility index (Phi) is 5.23. The standard InChI is InChI=1S/C18H17ClN2O5S/c1-11-3-5-14(12(2)9-11)18(22)21-8-7-16(20-26-27(23,24)25)15-6-4-13(19)10-17(15)21/h3-6,9-10H,7-8H2,1-2H3,(H,23,24,25)/b20-16-. The SMILES string of the molecule is Cc1ccc(C(=O)N2CC/C(=N/OS(=O)(=O)O)c3ccc(Cl)cc32)c(C)c1. The highest BCUT2D eigenvalue weighted by molar-refractivity contribution is 7.80. The summed E-state index contributed by atoms with van der Waals surface area (Å²) in [5.41, 5.74) is 3.79. The zero-order chi connectivity index (χ0) is 19.8. The van der Waals surface area contributed by atoms with E-state index in [0.717, 1.165) is 11.1 Å². The molecule has 0 aliphatic carbocycles. The number of halogens is 1. The first kappa shape index (κ1) is 19.3. The number of hydrogen-bond donors (Lipinski definition) is 1. The molecule has 9 heteroatoms. The molecule has 7 nitrogen and oxygen atoms in total. The molecule has 0 atom stereocenters. The van der Waals surface area contributed by atoms with Crippen LogP contribution >= 0.6 is 11.6 Å². The number of anilines is 1. The molecule has 0 radical (unpaired) electrons. The molecule has 142 valence electrons. The van der Waals surface area contributed by atoms with Crippen LogP contribution in [0.4, 0.5) is 5.69 Å². The average molecular weight is 409 g/mol. The molecule has 0 aromatic heterocycles. The van der Waals surface area contributed by atoms with Crippen molar-refractivity contribution in [3.05, 3.63) is 63.7 Å². The van der Waals surface area contributed by atoms with Gasteiger partial charge in [-0.3, -0.25) is 9.35 Å². The first-order valence-electron chi connectivity index (χ1n) is 8.07. The van der Waals surface area contributed by atoms with E-state index in [1.54, 1.807) is 29.2 Å². The number of nitrogens with zero attached hydrogens (tertiary/aromatic N) is 2. The van der Waals surface area contributed by atoms with E-state index in [2.05, 4.69) is 9.44 Å². The molecule has 0 bridgehead atoms. The minimum Gasteiger partial charge on any atom is -0.307 e. The molecule has 0 fully saturated rings. The Hall–Kier alpha value is -2.42. The van der Waals surface area contributed by atoms with Crippen molar-refractivity contribution < 1.29 is 22.0 Å². The summed E-state index contributed by atoms with van der Waals surface area (Å²) >= 11 is 6.10. The smallest absolute Gasteiger partial charge is 0.307 e. The van der Waals surface area contributed by atoms with Crippen LogP contribution < -0.4 is 4.90 Å². The van der Waals surface area contributed by atoms with Gasteiger partial charge in [0, 0.05) is 29.1 Å². The molecule has 2 aromatic rings. The van der Waals surface area contributed by atoms with Crippen molar-refractivity contribution in [3.63, 3.8) is 0 Å². The van der Waals surface area contributed by atoms with Crippen LogP contribution in [0.25, 0.3) is 0 Å². The molecule has 27 heavy (non-hydrogen) atoms. The highest BCUT2D eigenvalue weighted by atomic mass is 35.5. The van der Waals surface area contributed by atoms with Crippen LogP contribution in [0.15, 0.2) is 41.6 Å². The molecule has 1 heterocycles. The van der Waals surface area contributed by atoms with Crippen LogP contribution in [0, 0.1) is 13.8 Å². The van der Waals surface area contributed by atoms with Crippen LogP contribution in [0.1, 0.15) is 33.5 Å². The summed E-state index contributed by atoms with van der Waals surface area (Å²) in [5, 5.41) is 3.94. The third kappa shape index (κ3) is 4.29. The molecule has 1 N–H and O–H groups in total. The second-order valence-electron chi connectivity index (χ2n) is 6.23. The summed E-state index contributed by atoms with van der Waals surface area (Å²) in [6.07, 6.45) is 0.251. The van der Waals surface area contributed by atoms with Gasteiger partial charge < -0.3 is 4.90 Å². The van der Waals surface area contributed by atoms with E-state index >= 15 is 0 Å². The van der Waals surface area contributed by atoms with Crippen molar-refractivity contribution in [2.45, 2.75) is 20.3 Å². The zero-order valence-corrected chi connectivity index (χ0v) is 16.2. The van der Waals surface area contributed by atoms with Crippen LogP contribution in [0.3, 0.4) is 0 Å². The predicted molar refractivity (Wildman–Crippen MR) is 103 cm³/mol. The number of hydrogen-bond acceptors (Lipinski definition) is 5. The molecule has 1 amide bonds. The zero-order valence-electron chi connectivity index (χ0n) is 14.6. The number of amides is 1. The van der Waals surface area contributed by atoms with E-state index in [9.17, 15) is 13.2 Å². The minimum absolute atomic E-state index is 0.189. The number of oxime groups is 1. The van der Waals surface area contributed by atoms with Crippen LogP contribution in [-0.4, -0.2) is 31.1 Å². The lowest BCUT2D eigenvalue weighted by molar-refractivity contribution is 0.0986. The maximum atomic E-state index is 13.1. The molecule has 2 aromatic carbocycles. The Labute approximate surface area is 162 Å². The Morgan fingerprint density at radius 2 is 1.96 bits per heavy atom. The summed E-state index contributed by atoms with van der Waals surface area (Å²) in [7, 11) is -4.71. The number of rotatable bonds is 3. The Bertz CT molecular complexity index is 1050. The molecule has 1 aliphatic rings. The van der Waals surface area contributed by atoms with E-state index in [-0.39, 0.29) is 18.9 Å². The van der Waals surface area contributed by atoms with Gasteiger partial charge in [0.25, 0.3) is 5.91 Å². The Balaban J connectivity index is 2.03. The van der Waals surface area contributed by atoms with E-state index in [4.69, 9.17) is 16.2 Å². The molecule has 0 spiro atoms. The number of aryl methyl sites for hydroxylation is 2. The fourth-order valence-corrected chi connectivity index (χ4v) is 3.39. The van der Waals surface area contributed by atoms with E-state index < -0.39 is 10.4 Å². The lowest BCUT2D eigenvalue weighted by Crippen LogP contribution is -2.38. The van der Waals surface area contributed by atoms with Crippen molar-refractivity contribution in [1.82, 2.24) is 0 Å². The number of benzene rings is 2. The molecule has 0 unspecified atom stereocenters. The second kappa shape index (κ2) is 7.30. The summed E-state index contributed by atoms with van der Waals surface area (Å²) < 4.78 is 34.5. The number of carbonyl (C=O) groups excluding carboxylic acids is 1. The topological polar surface area (TPSA) is 96.3 Å². The van der Waals surface area contributed by atoms with Crippen LogP contribution in [0.2, 0.25) is 5.02 Å². The quantitative estimate of drug-likeness (QED) is 0.619. The number of carbonyl (C=O) groups is 1. The average Bonchev–Trinajstić information content (AvgIpc) is 2.58. The third-order valence-electron chi connectivity index (χ3n) is 4.23. The van der Waals surface area contributed by atoms with E-state index in [1.165, 1.54) is 0 Å². The molecule has 0 saturated carbocycles. The van der Waals surface area contributed by atoms with Gasteiger partial charge in [-0.05, 0) is 43.7 Å². The summed E-state index contributed by atoms with van der Waals surface area (Å²) in [4.78, 5) is 14.7. The minimum atomic E-state index is -4.71. The lowest BCUT2D eigenvalue weighted by Gasteiger charge is -2.30. The number of fused-ring (bicyclic) bond motifs is 1. The van der Waals surface area contributed by atoms with Gasteiger partial charge in [-0.1, -0.05) is 34.5 Å². The van der Waals surface area contributed by atoms with Gasteiger partial charge in [-0.2, -0.15) is 8.42 Å². The predicted octanol–water partition coefficient (Wildman–Crippen LogP) is 3.53. The first-order chi connectivity index (χ1) is 12.7. The van der Waals surface area contributed by atoms with Crippen molar-refractivity contribution in [3.8, 4) is 0 Å². The second-order valence-corrected chi connectivity index (χ2v) is 7.67. The van der Waals surface area contributed by atoms with Gasteiger partial charge in [0.05, 0.1) is 11.4 Å². The van der Waals surface area contributed by atoms with Gasteiger partial charge >= 0.3 is 10.4 Å². The highest BCUT2D eigenvalue weighted by Gasteiger charge is 2.28. The van der Waals surface area contributed by atoms with Crippen molar-refractivity contribution >= 4 is 39.3 Å². The fraction of sp³-hybridized carbons (Fsp3) is 0.222. The Morgan fingerprint density at radius 3 is 2.63 bits per heavy atom. The molecule has 0 saturated heterocycles. The maximum absolute atomic E-state index is 13.1. The van der Waals surface area contributed by atoms with Crippen molar-refractivity contribution in [2.75, 3.05) is 11.4 Å². The van der Waals surface area contributed by atoms with E-state index in [0.29, 0.717) is 27.5 Å². The summed E-state index contributed by atoms with van der Waals surface area (Å²) in [5.74, 6) is -0.189. The van der Waals surface area contributed by atoms with Gasteiger partial charge in [-0.25, -0.2) is 4.28 Å². The maximum Gasteiger partial charge on any atom is 0.466 e. The van der Waals surface area contributed by atoms with Gasteiger partial charge in [-0.15, -0.1) is 0 Å². The van der Waals surface area contributed by atoms with E-state index in [1.807, 2.05) is 26.0 Å². The monoisotopic (exact) mass is 408 g/mol. The third-order valence-corrected chi connectivity index (χ3v) is 4.73. The largest absolute Gasteiger partial charge is 0.466 e. The molecule has 3 rings (SSSR count). The summed E-state index contributed by atoms with van der Waals surface area (Å²) in [6, 6.07) is 10.4. The summed E-state index contributed by atoms with van der Waals surface area (Å²) in [6.45, 7) is 4.08. The van der Waals surface area contributed by atoms with Gasteiger partial charge in [0.2, 0.25) is 0 Å². The normalized spacial score (nSPS) is 15.6. The van der Waals surface area contributed by atoms with Gasteiger partial charge in [0.15, 0.2) is 0 Å². The van der Waals surface area contributed by atoms with Gasteiger partial charge in [0.1, 0.15) is 0 Å². The molecular weight excluding hydrogens is 392 g/mol.